The zero-order valence-electron chi connectivity index (χ0n) is 11.5. The Labute approximate surface area is 115 Å². The first kappa shape index (κ1) is 12.5. The zero-order valence-corrected chi connectivity index (χ0v) is 11.5. The quantitative estimate of drug-likeness (QED) is 0.717. The maximum absolute atomic E-state index is 13.4. The van der Waals surface area contributed by atoms with Crippen LogP contribution in [0.1, 0.15) is 5.69 Å². The van der Waals surface area contributed by atoms with Crippen molar-refractivity contribution in [2.45, 2.75) is 6.92 Å². The Morgan fingerprint density at radius 3 is 2.70 bits per heavy atom. The van der Waals surface area contributed by atoms with Crippen molar-refractivity contribution >= 4 is 16.9 Å². The van der Waals surface area contributed by atoms with E-state index in [4.69, 9.17) is 0 Å². The molecule has 0 unspecified atom stereocenters. The minimum Gasteiger partial charge on any atom is -0.362 e. The zero-order chi connectivity index (χ0) is 14.3. The molecule has 0 radical (unpaired) electrons. The lowest BCUT2D eigenvalue weighted by Gasteiger charge is -2.11. The van der Waals surface area contributed by atoms with Gasteiger partial charge in [-0.1, -0.05) is 6.07 Å². The second-order valence-electron chi connectivity index (χ2n) is 4.77. The number of anilines is 1. The summed E-state index contributed by atoms with van der Waals surface area (Å²) < 4.78 is 15.0. The molecular weight excluding hydrogens is 257 g/mol. The molecule has 0 aliphatic carbocycles. The Morgan fingerprint density at radius 2 is 2.00 bits per heavy atom. The van der Waals surface area contributed by atoms with Crippen molar-refractivity contribution in [3.63, 3.8) is 0 Å². The van der Waals surface area contributed by atoms with Gasteiger partial charge in [0, 0.05) is 14.1 Å². The molecule has 5 nitrogen and oxygen atoms in total. The van der Waals surface area contributed by atoms with Crippen LogP contribution in [0.3, 0.4) is 0 Å². The van der Waals surface area contributed by atoms with Gasteiger partial charge in [0.05, 0.1) is 16.8 Å². The molecule has 0 aliphatic heterocycles. The number of aryl methyl sites for hydroxylation is 1. The van der Waals surface area contributed by atoms with Crippen LogP contribution in [-0.4, -0.2) is 33.8 Å². The molecule has 20 heavy (non-hydrogen) atoms. The van der Waals surface area contributed by atoms with E-state index >= 15 is 0 Å². The van der Waals surface area contributed by atoms with Gasteiger partial charge >= 0.3 is 0 Å². The van der Waals surface area contributed by atoms with Crippen LogP contribution in [-0.2, 0) is 0 Å². The Hall–Kier alpha value is -2.50. The number of fused-ring (bicyclic) bond motifs is 1. The number of hydrogen-bond acceptors (Lipinski definition) is 4. The number of rotatable bonds is 2. The smallest absolute Gasteiger partial charge is 0.168 e. The van der Waals surface area contributed by atoms with Gasteiger partial charge in [0.15, 0.2) is 5.65 Å². The van der Waals surface area contributed by atoms with E-state index in [1.54, 1.807) is 16.8 Å². The van der Waals surface area contributed by atoms with E-state index in [2.05, 4.69) is 15.1 Å². The van der Waals surface area contributed by atoms with Gasteiger partial charge in [-0.15, -0.1) is 0 Å². The summed E-state index contributed by atoms with van der Waals surface area (Å²) in [5.74, 6) is 0.501. The molecule has 1 aromatic carbocycles. The van der Waals surface area contributed by atoms with Gasteiger partial charge in [0.1, 0.15) is 18.0 Å². The SMILES string of the molecule is Cc1nn(-c2cccc(F)c2)c2ncnc(N(C)C)c12. The lowest BCUT2D eigenvalue weighted by molar-refractivity contribution is 0.625. The van der Waals surface area contributed by atoms with Gasteiger partial charge in [-0.3, -0.25) is 0 Å². The molecule has 2 aromatic heterocycles. The highest BCUT2D eigenvalue weighted by atomic mass is 19.1. The second-order valence-corrected chi connectivity index (χ2v) is 4.77. The summed E-state index contributed by atoms with van der Waals surface area (Å²) >= 11 is 0. The van der Waals surface area contributed by atoms with Crippen LogP contribution in [0, 0.1) is 12.7 Å². The molecule has 0 saturated heterocycles. The molecule has 0 spiro atoms. The van der Waals surface area contributed by atoms with E-state index in [-0.39, 0.29) is 5.82 Å². The van der Waals surface area contributed by atoms with Gasteiger partial charge in [0.2, 0.25) is 0 Å². The highest BCUT2D eigenvalue weighted by Gasteiger charge is 2.16. The van der Waals surface area contributed by atoms with Crippen LogP contribution in [0.15, 0.2) is 30.6 Å². The Balaban J connectivity index is 2.31. The minimum absolute atomic E-state index is 0.300. The van der Waals surface area contributed by atoms with Crippen molar-refractivity contribution in [2.75, 3.05) is 19.0 Å². The Morgan fingerprint density at radius 1 is 1.20 bits per heavy atom. The molecule has 0 atom stereocenters. The fraction of sp³-hybridized carbons (Fsp3) is 0.214. The number of benzene rings is 1. The van der Waals surface area contributed by atoms with Crippen LogP contribution in [0.25, 0.3) is 16.7 Å². The van der Waals surface area contributed by atoms with Crippen LogP contribution in [0.5, 0.6) is 0 Å². The topological polar surface area (TPSA) is 46.8 Å². The maximum atomic E-state index is 13.4. The molecular formula is C14H14FN5. The number of nitrogens with zero attached hydrogens (tertiary/aromatic N) is 5. The number of hydrogen-bond donors (Lipinski definition) is 0. The Kier molecular flexibility index (Phi) is 2.85. The molecule has 0 bridgehead atoms. The largest absolute Gasteiger partial charge is 0.362 e. The predicted molar refractivity (Wildman–Crippen MR) is 75.7 cm³/mol. The Bertz CT molecular complexity index is 778. The lowest BCUT2D eigenvalue weighted by Crippen LogP contribution is -2.11. The predicted octanol–water partition coefficient (Wildman–Crippen LogP) is 2.33. The molecule has 6 heteroatoms. The molecule has 0 amide bonds. The third-order valence-corrected chi connectivity index (χ3v) is 3.10. The molecule has 102 valence electrons. The van der Waals surface area contributed by atoms with Gasteiger partial charge in [0.25, 0.3) is 0 Å². The third kappa shape index (κ3) is 1.89. The van der Waals surface area contributed by atoms with Gasteiger partial charge in [-0.2, -0.15) is 5.10 Å². The first-order valence-electron chi connectivity index (χ1n) is 6.21. The van der Waals surface area contributed by atoms with Crippen molar-refractivity contribution in [1.82, 2.24) is 19.7 Å². The monoisotopic (exact) mass is 271 g/mol. The van der Waals surface area contributed by atoms with E-state index in [0.717, 1.165) is 16.9 Å². The molecule has 0 aliphatic rings. The van der Waals surface area contributed by atoms with Crippen molar-refractivity contribution in [3.8, 4) is 5.69 Å². The maximum Gasteiger partial charge on any atom is 0.168 e. The summed E-state index contributed by atoms with van der Waals surface area (Å²) in [5.41, 5.74) is 2.13. The summed E-state index contributed by atoms with van der Waals surface area (Å²) in [6.45, 7) is 1.90. The standard InChI is InChI=1S/C14H14FN5/c1-9-12-13(19(2)3)16-8-17-14(12)20(18-9)11-6-4-5-10(15)7-11/h4-8H,1-3H3. The van der Waals surface area contributed by atoms with Crippen molar-refractivity contribution in [2.24, 2.45) is 0 Å². The first-order valence-corrected chi connectivity index (χ1v) is 6.21. The van der Waals surface area contributed by atoms with Gasteiger partial charge < -0.3 is 4.90 Å². The van der Waals surface area contributed by atoms with E-state index in [9.17, 15) is 4.39 Å². The van der Waals surface area contributed by atoms with Crippen LogP contribution < -0.4 is 4.90 Å². The molecule has 3 aromatic rings. The molecule has 0 saturated carbocycles. The van der Waals surface area contributed by atoms with Gasteiger partial charge in [-0.05, 0) is 25.1 Å². The number of halogens is 1. The highest BCUT2D eigenvalue weighted by Crippen LogP contribution is 2.26. The van der Waals surface area contributed by atoms with Crippen molar-refractivity contribution < 1.29 is 4.39 Å². The second kappa shape index (κ2) is 4.56. The highest BCUT2D eigenvalue weighted by molar-refractivity contribution is 5.90. The fourth-order valence-electron chi connectivity index (χ4n) is 2.23. The van der Waals surface area contributed by atoms with Crippen molar-refractivity contribution in [1.29, 1.82) is 0 Å². The van der Waals surface area contributed by atoms with E-state index < -0.39 is 0 Å². The van der Waals surface area contributed by atoms with Crippen LogP contribution in [0.2, 0.25) is 0 Å². The molecule has 3 rings (SSSR count). The first-order chi connectivity index (χ1) is 9.58. The normalized spacial score (nSPS) is 11.0. The molecule has 0 fully saturated rings. The lowest BCUT2D eigenvalue weighted by atomic mass is 10.3. The number of aromatic nitrogens is 4. The van der Waals surface area contributed by atoms with Crippen LogP contribution in [0.4, 0.5) is 10.2 Å². The van der Waals surface area contributed by atoms with E-state index in [0.29, 0.717) is 11.3 Å². The minimum atomic E-state index is -0.300. The van der Waals surface area contributed by atoms with Crippen molar-refractivity contribution in [3.05, 3.63) is 42.1 Å². The summed E-state index contributed by atoms with van der Waals surface area (Å²) in [4.78, 5) is 10.5. The summed E-state index contributed by atoms with van der Waals surface area (Å²) in [5, 5.41) is 5.34. The summed E-state index contributed by atoms with van der Waals surface area (Å²) in [6, 6.07) is 6.29. The summed E-state index contributed by atoms with van der Waals surface area (Å²) in [7, 11) is 3.83. The van der Waals surface area contributed by atoms with Gasteiger partial charge in [-0.25, -0.2) is 19.0 Å². The average molecular weight is 271 g/mol. The molecule has 0 N–H and O–H groups in total. The molecule has 2 heterocycles. The summed E-state index contributed by atoms with van der Waals surface area (Å²) in [6.07, 6.45) is 1.49. The fourth-order valence-corrected chi connectivity index (χ4v) is 2.23. The third-order valence-electron chi connectivity index (χ3n) is 3.10. The van der Waals surface area contributed by atoms with E-state index in [1.165, 1.54) is 18.5 Å². The van der Waals surface area contributed by atoms with E-state index in [1.807, 2.05) is 25.9 Å². The average Bonchev–Trinajstić information content (AvgIpc) is 2.76. The van der Waals surface area contributed by atoms with Crippen LogP contribution >= 0.6 is 0 Å².